The largest absolute Gasteiger partial charge is 0.294 e. The van der Waals surface area contributed by atoms with Crippen molar-refractivity contribution in [1.82, 2.24) is 4.98 Å². The third-order valence-electron chi connectivity index (χ3n) is 1.86. The van der Waals surface area contributed by atoms with Crippen LogP contribution in [0, 0.1) is 0 Å². The second-order valence-corrected chi connectivity index (χ2v) is 3.36. The molecule has 0 aromatic carbocycles. The summed E-state index contributed by atoms with van der Waals surface area (Å²) < 4.78 is 0. The van der Waals surface area contributed by atoms with Gasteiger partial charge in [0.05, 0.1) is 0 Å². The minimum Gasteiger partial charge on any atom is -0.294 e. The lowest BCUT2D eigenvalue weighted by atomic mass is 10.1. The quantitative estimate of drug-likeness (QED) is 0.323. The summed E-state index contributed by atoms with van der Waals surface area (Å²) >= 11 is 5.61. The Bertz CT molecular complexity index is 319. The van der Waals surface area contributed by atoms with Gasteiger partial charge < -0.3 is 0 Å². The average Bonchev–Trinajstić information content (AvgIpc) is 2.19. The minimum atomic E-state index is 0.107. The van der Waals surface area contributed by atoms with E-state index in [1.807, 2.05) is 6.08 Å². The summed E-state index contributed by atoms with van der Waals surface area (Å²) in [5, 5.41) is 0.410. The molecular formula is C11H12ClNO. The Hall–Kier alpha value is -1.15. The first-order chi connectivity index (χ1) is 6.74. The molecule has 3 heteroatoms. The molecule has 0 unspecified atom stereocenters. The SMILES string of the molecule is C=CCCCC(=O)c1ccc(Cl)nc1. The van der Waals surface area contributed by atoms with Crippen LogP contribution >= 0.6 is 11.6 Å². The molecule has 0 aliphatic heterocycles. The van der Waals surface area contributed by atoms with E-state index in [0.29, 0.717) is 17.1 Å². The summed E-state index contributed by atoms with van der Waals surface area (Å²) in [6, 6.07) is 3.33. The van der Waals surface area contributed by atoms with Crippen molar-refractivity contribution in [1.29, 1.82) is 0 Å². The first kappa shape index (κ1) is 10.9. The standard InChI is InChI=1S/C11H12ClNO/c1-2-3-4-5-10(14)9-6-7-11(12)13-8-9/h2,6-8H,1,3-5H2. The Balaban J connectivity index is 2.52. The van der Waals surface area contributed by atoms with Crippen LogP contribution in [0.1, 0.15) is 29.6 Å². The van der Waals surface area contributed by atoms with Gasteiger partial charge in [-0.2, -0.15) is 0 Å². The van der Waals surface area contributed by atoms with Crippen LogP contribution in [0.4, 0.5) is 0 Å². The number of allylic oxidation sites excluding steroid dienone is 1. The lowest BCUT2D eigenvalue weighted by Gasteiger charge is -1.98. The number of hydrogen-bond donors (Lipinski definition) is 0. The van der Waals surface area contributed by atoms with Crippen molar-refractivity contribution in [3.8, 4) is 0 Å². The maximum Gasteiger partial charge on any atom is 0.164 e. The fraction of sp³-hybridized carbons (Fsp3) is 0.273. The number of hydrogen-bond acceptors (Lipinski definition) is 2. The Labute approximate surface area is 88.6 Å². The maximum atomic E-state index is 11.5. The van der Waals surface area contributed by atoms with Crippen molar-refractivity contribution >= 4 is 17.4 Å². The van der Waals surface area contributed by atoms with E-state index in [1.54, 1.807) is 12.1 Å². The van der Waals surface area contributed by atoms with E-state index < -0.39 is 0 Å². The molecule has 0 saturated carbocycles. The average molecular weight is 210 g/mol. The second kappa shape index (κ2) is 5.55. The van der Waals surface area contributed by atoms with E-state index in [4.69, 9.17) is 11.6 Å². The molecule has 0 spiro atoms. The van der Waals surface area contributed by atoms with Crippen LogP contribution in [-0.2, 0) is 0 Å². The fourth-order valence-corrected chi connectivity index (χ4v) is 1.20. The van der Waals surface area contributed by atoms with Gasteiger partial charge in [0.2, 0.25) is 0 Å². The highest BCUT2D eigenvalue weighted by Gasteiger charge is 2.04. The van der Waals surface area contributed by atoms with Gasteiger partial charge in [-0.1, -0.05) is 17.7 Å². The van der Waals surface area contributed by atoms with Gasteiger partial charge in [-0.15, -0.1) is 6.58 Å². The first-order valence-electron chi connectivity index (χ1n) is 4.49. The van der Waals surface area contributed by atoms with Crippen LogP contribution < -0.4 is 0 Å². The van der Waals surface area contributed by atoms with E-state index >= 15 is 0 Å². The topological polar surface area (TPSA) is 30.0 Å². The number of ketones is 1. The smallest absolute Gasteiger partial charge is 0.164 e. The summed E-state index contributed by atoms with van der Waals surface area (Å²) in [4.78, 5) is 15.4. The van der Waals surface area contributed by atoms with Crippen LogP contribution in [0.2, 0.25) is 5.15 Å². The zero-order valence-corrected chi connectivity index (χ0v) is 8.63. The van der Waals surface area contributed by atoms with Crippen LogP contribution in [-0.4, -0.2) is 10.8 Å². The molecule has 1 aromatic rings. The molecule has 74 valence electrons. The highest BCUT2D eigenvalue weighted by Crippen LogP contribution is 2.09. The number of Topliss-reactive ketones (excluding diaryl/α,β-unsaturated/α-hetero) is 1. The van der Waals surface area contributed by atoms with Crippen molar-refractivity contribution in [3.63, 3.8) is 0 Å². The summed E-state index contributed by atoms with van der Waals surface area (Å²) in [6.45, 7) is 3.60. The molecule has 1 heterocycles. The number of halogens is 1. The highest BCUT2D eigenvalue weighted by molar-refractivity contribution is 6.29. The van der Waals surface area contributed by atoms with Crippen LogP contribution in [0.25, 0.3) is 0 Å². The number of carbonyl (C=O) groups excluding carboxylic acids is 1. The molecule has 0 radical (unpaired) electrons. The van der Waals surface area contributed by atoms with Crippen molar-refractivity contribution in [2.75, 3.05) is 0 Å². The summed E-state index contributed by atoms with van der Waals surface area (Å²) in [7, 11) is 0. The van der Waals surface area contributed by atoms with Crippen molar-refractivity contribution < 1.29 is 4.79 Å². The van der Waals surface area contributed by atoms with Crippen molar-refractivity contribution in [2.45, 2.75) is 19.3 Å². The van der Waals surface area contributed by atoms with Gasteiger partial charge in [0.25, 0.3) is 0 Å². The van der Waals surface area contributed by atoms with Gasteiger partial charge in [0.15, 0.2) is 5.78 Å². The zero-order valence-electron chi connectivity index (χ0n) is 7.87. The van der Waals surface area contributed by atoms with Gasteiger partial charge >= 0.3 is 0 Å². The van der Waals surface area contributed by atoms with Crippen molar-refractivity contribution in [3.05, 3.63) is 41.7 Å². The molecule has 0 aliphatic rings. The first-order valence-corrected chi connectivity index (χ1v) is 4.87. The number of pyridine rings is 1. The molecule has 0 saturated heterocycles. The van der Waals surface area contributed by atoms with E-state index in [-0.39, 0.29) is 5.78 Å². The van der Waals surface area contributed by atoms with Gasteiger partial charge in [0, 0.05) is 18.2 Å². The number of rotatable bonds is 5. The van der Waals surface area contributed by atoms with Gasteiger partial charge in [-0.05, 0) is 25.0 Å². The molecule has 0 fully saturated rings. The van der Waals surface area contributed by atoms with Crippen LogP contribution in [0.15, 0.2) is 31.0 Å². The summed E-state index contributed by atoms with van der Waals surface area (Å²) in [5.41, 5.74) is 0.624. The molecule has 1 aromatic heterocycles. The molecular weight excluding hydrogens is 198 g/mol. The Morgan fingerprint density at radius 1 is 1.57 bits per heavy atom. The van der Waals surface area contributed by atoms with Gasteiger partial charge in [0.1, 0.15) is 5.15 Å². The third kappa shape index (κ3) is 3.30. The Morgan fingerprint density at radius 3 is 2.93 bits per heavy atom. The summed E-state index contributed by atoms with van der Waals surface area (Å²) in [6.07, 6.45) is 5.57. The molecule has 0 amide bonds. The monoisotopic (exact) mass is 209 g/mol. The molecule has 1 rings (SSSR count). The maximum absolute atomic E-state index is 11.5. The number of carbonyl (C=O) groups is 1. The molecule has 0 N–H and O–H groups in total. The Kier molecular flexibility index (Phi) is 4.33. The molecule has 2 nitrogen and oxygen atoms in total. The number of aromatic nitrogens is 1. The summed E-state index contributed by atoms with van der Waals surface area (Å²) in [5.74, 6) is 0.107. The Morgan fingerprint density at radius 2 is 2.36 bits per heavy atom. The molecule has 0 atom stereocenters. The predicted molar refractivity (Wildman–Crippen MR) is 57.6 cm³/mol. The molecule has 14 heavy (non-hydrogen) atoms. The number of nitrogens with zero attached hydrogens (tertiary/aromatic N) is 1. The van der Waals surface area contributed by atoms with Gasteiger partial charge in [-0.25, -0.2) is 4.98 Å². The third-order valence-corrected chi connectivity index (χ3v) is 2.09. The fourth-order valence-electron chi connectivity index (χ4n) is 1.09. The predicted octanol–water partition coefficient (Wildman–Crippen LogP) is 3.27. The van der Waals surface area contributed by atoms with E-state index in [2.05, 4.69) is 11.6 Å². The molecule has 0 aliphatic carbocycles. The zero-order chi connectivity index (χ0) is 10.4. The normalized spacial score (nSPS) is 9.79. The van der Waals surface area contributed by atoms with E-state index in [1.165, 1.54) is 6.20 Å². The van der Waals surface area contributed by atoms with Crippen LogP contribution in [0.3, 0.4) is 0 Å². The highest BCUT2D eigenvalue weighted by atomic mass is 35.5. The van der Waals surface area contributed by atoms with Gasteiger partial charge in [-0.3, -0.25) is 4.79 Å². The lowest BCUT2D eigenvalue weighted by Crippen LogP contribution is -1.98. The number of unbranched alkanes of at least 4 members (excludes halogenated alkanes) is 1. The van der Waals surface area contributed by atoms with E-state index in [9.17, 15) is 4.79 Å². The second-order valence-electron chi connectivity index (χ2n) is 2.97. The van der Waals surface area contributed by atoms with Crippen molar-refractivity contribution in [2.24, 2.45) is 0 Å². The lowest BCUT2D eigenvalue weighted by molar-refractivity contribution is 0.0980. The minimum absolute atomic E-state index is 0.107. The van der Waals surface area contributed by atoms with E-state index in [0.717, 1.165) is 12.8 Å². The van der Waals surface area contributed by atoms with Crippen LogP contribution in [0.5, 0.6) is 0 Å². The molecule has 0 bridgehead atoms.